The maximum absolute atomic E-state index is 12.8. The smallest absolute Gasteiger partial charge is 0.338 e. The largest absolute Gasteiger partial charge is 0.462 e. The van der Waals surface area contributed by atoms with E-state index in [0.29, 0.717) is 30.7 Å². The molecule has 0 radical (unpaired) electrons. The molecule has 1 aromatic carbocycles. The quantitative estimate of drug-likeness (QED) is 0.272. The molecule has 0 aromatic heterocycles. The first-order valence-electron chi connectivity index (χ1n) is 8.87. The summed E-state index contributed by atoms with van der Waals surface area (Å²) in [4.78, 5) is 39.2. The van der Waals surface area contributed by atoms with Gasteiger partial charge in [-0.3, -0.25) is 14.5 Å². The van der Waals surface area contributed by atoms with E-state index in [1.165, 1.54) is 4.90 Å². The van der Waals surface area contributed by atoms with E-state index >= 15 is 0 Å². The molecule has 0 N–H and O–H groups in total. The van der Waals surface area contributed by atoms with Crippen molar-refractivity contribution in [2.75, 3.05) is 11.5 Å². The normalized spacial score (nSPS) is 28.2. The lowest BCUT2D eigenvalue weighted by Crippen LogP contribution is -2.34. The Morgan fingerprint density at radius 3 is 2.12 bits per heavy atom. The van der Waals surface area contributed by atoms with E-state index in [1.807, 2.05) is 6.92 Å². The number of rotatable bonds is 5. The average molecular weight is 487 g/mol. The molecule has 1 heterocycles. The van der Waals surface area contributed by atoms with Gasteiger partial charge in [0.25, 0.3) is 0 Å². The van der Waals surface area contributed by atoms with E-state index in [4.69, 9.17) is 4.74 Å². The Morgan fingerprint density at radius 2 is 1.62 bits per heavy atom. The number of benzene rings is 1. The van der Waals surface area contributed by atoms with Crippen molar-refractivity contribution < 1.29 is 19.1 Å². The number of esters is 1. The molecule has 1 aromatic rings. The number of halogens is 2. The zero-order valence-corrected chi connectivity index (χ0v) is 17.7. The molecule has 0 unspecified atom stereocenters. The summed E-state index contributed by atoms with van der Waals surface area (Å²) in [6.07, 6.45) is 3.07. The van der Waals surface area contributed by atoms with Crippen LogP contribution in [-0.4, -0.2) is 34.0 Å². The van der Waals surface area contributed by atoms with Gasteiger partial charge in [0.2, 0.25) is 11.8 Å². The van der Waals surface area contributed by atoms with Gasteiger partial charge in [-0.1, -0.05) is 45.2 Å². The van der Waals surface area contributed by atoms with Gasteiger partial charge in [0, 0.05) is 9.65 Å². The Kier molecular flexibility index (Phi) is 6.17. The molecule has 1 saturated heterocycles. The topological polar surface area (TPSA) is 63.7 Å². The van der Waals surface area contributed by atoms with Gasteiger partial charge in [-0.2, -0.15) is 0 Å². The van der Waals surface area contributed by atoms with Gasteiger partial charge >= 0.3 is 5.97 Å². The van der Waals surface area contributed by atoms with Crippen molar-refractivity contribution in [3.8, 4) is 0 Å². The van der Waals surface area contributed by atoms with E-state index in [9.17, 15) is 14.4 Å². The van der Waals surface area contributed by atoms with Crippen molar-refractivity contribution in [1.29, 1.82) is 0 Å². The predicted molar refractivity (Wildman–Crippen MR) is 106 cm³/mol. The van der Waals surface area contributed by atoms with Crippen molar-refractivity contribution in [2.24, 2.45) is 11.8 Å². The highest BCUT2D eigenvalue weighted by atomic mass is 79.9. The molecule has 0 spiro atoms. The standard InChI is InChI=1S/C19H21Br2NO4/c1-2-3-8-26-19(25)11-4-6-12(7-5-11)22-17(23)13-9-15(20)16(21)10-14(13)18(22)24/h4-7,13-16H,2-3,8-10H2,1H3/t13-,14+,15-,16-/m1/s1. The minimum atomic E-state index is -0.387. The number of carbonyl (C=O) groups excluding carboxylic acids is 3. The van der Waals surface area contributed by atoms with E-state index < -0.39 is 0 Å². The van der Waals surface area contributed by atoms with Crippen LogP contribution in [0.1, 0.15) is 43.0 Å². The summed E-state index contributed by atoms with van der Waals surface area (Å²) in [6.45, 7) is 2.42. The number of hydrogen-bond acceptors (Lipinski definition) is 4. The summed E-state index contributed by atoms with van der Waals surface area (Å²) in [5.41, 5.74) is 0.930. The number of alkyl halides is 2. The monoisotopic (exact) mass is 485 g/mol. The van der Waals surface area contributed by atoms with Gasteiger partial charge in [-0.15, -0.1) is 0 Å². The second-order valence-electron chi connectivity index (χ2n) is 6.76. The van der Waals surface area contributed by atoms with Crippen LogP contribution in [-0.2, 0) is 14.3 Å². The first-order valence-corrected chi connectivity index (χ1v) is 10.7. The van der Waals surface area contributed by atoms with E-state index in [-0.39, 0.29) is 39.3 Å². The van der Waals surface area contributed by atoms with Crippen molar-refractivity contribution in [2.45, 2.75) is 42.3 Å². The molecule has 7 heteroatoms. The molecule has 0 bridgehead atoms. The van der Waals surface area contributed by atoms with Crippen LogP contribution in [0.3, 0.4) is 0 Å². The van der Waals surface area contributed by atoms with Crippen molar-refractivity contribution >= 4 is 55.3 Å². The summed E-state index contributed by atoms with van der Waals surface area (Å²) in [6, 6.07) is 6.49. The number of unbranched alkanes of at least 4 members (excludes halogenated alkanes) is 1. The highest BCUT2D eigenvalue weighted by Crippen LogP contribution is 2.44. The number of nitrogens with zero attached hydrogens (tertiary/aromatic N) is 1. The molecule has 2 fully saturated rings. The maximum atomic E-state index is 12.8. The van der Waals surface area contributed by atoms with E-state index in [1.54, 1.807) is 24.3 Å². The zero-order chi connectivity index (χ0) is 18.8. The molecule has 140 valence electrons. The minimum Gasteiger partial charge on any atom is -0.462 e. The SMILES string of the molecule is CCCCOC(=O)c1ccc(N2C(=O)[C@H]3C[C@@H](Br)[C@H](Br)C[C@H]3C2=O)cc1. The summed E-state index contributed by atoms with van der Waals surface area (Å²) < 4.78 is 5.18. The van der Waals surface area contributed by atoms with Crippen LogP contribution >= 0.6 is 31.9 Å². The molecule has 4 atom stereocenters. The molecule has 26 heavy (non-hydrogen) atoms. The molecule has 1 saturated carbocycles. The van der Waals surface area contributed by atoms with Crippen LogP contribution in [0.2, 0.25) is 0 Å². The Hall–Kier alpha value is -1.21. The molecule has 2 aliphatic rings. The van der Waals surface area contributed by atoms with E-state index in [0.717, 1.165) is 12.8 Å². The molecule has 1 aliphatic heterocycles. The number of carbonyl (C=O) groups is 3. The predicted octanol–water partition coefficient (Wildman–Crippen LogP) is 4.07. The lowest BCUT2D eigenvalue weighted by Gasteiger charge is -2.29. The second kappa shape index (κ2) is 8.21. The Balaban J connectivity index is 1.74. The maximum Gasteiger partial charge on any atom is 0.338 e. The third kappa shape index (κ3) is 3.74. The average Bonchev–Trinajstić information content (AvgIpc) is 2.86. The van der Waals surface area contributed by atoms with Crippen LogP contribution in [0.4, 0.5) is 5.69 Å². The summed E-state index contributed by atoms with van der Waals surface area (Å²) >= 11 is 7.17. The van der Waals surface area contributed by atoms with Gasteiger partial charge in [0.1, 0.15) is 0 Å². The van der Waals surface area contributed by atoms with Crippen molar-refractivity contribution in [1.82, 2.24) is 0 Å². The Labute approximate surface area is 169 Å². The lowest BCUT2D eigenvalue weighted by atomic mass is 9.81. The number of ether oxygens (including phenoxy) is 1. The number of hydrogen-bond donors (Lipinski definition) is 0. The van der Waals surface area contributed by atoms with E-state index in [2.05, 4.69) is 31.9 Å². The van der Waals surface area contributed by atoms with Crippen molar-refractivity contribution in [3.05, 3.63) is 29.8 Å². The number of amides is 2. The first kappa shape index (κ1) is 19.5. The fourth-order valence-corrected chi connectivity index (χ4v) is 4.73. The third-order valence-electron chi connectivity index (χ3n) is 5.00. The number of imide groups is 1. The molecular weight excluding hydrogens is 466 g/mol. The lowest BCUT2D eigenvalue weighted by molar-refractivity contribution is -0.122. The van der Waals surface area contributed by atoms with Crippen molar-refractivity contribution in [3.63, 3.8) is 0 Å². The van der Waals surface area contributed by atoms with Crippen LogP contribution < -0.4 is 4.90 Å². The second-order valence-corrected chi connectivity index (χ2v) is 9.12. The summed E-state index contributed by atoms with van der Waals surface area (Å²) in [5, 5.41) is 0. The number of fused-ring (bicyclic) bond motifs is 1. The van der Waals surface area contributed by atoms with Gasteiger partial charge in [0.05, 0.1) is 29.7 Å². The minimum absolute atomic E-state index is 0.151. The molecule has 3 rings (SSSR count). The van der Waals surface area contributed by atoms with Crippen LogP contribution in [0.25, 0.3) is 0 Å². The fraction of sp³-hybridized carbons (Fsp3) is 0.526. The van der Waals surface area contributed by atoms with Crippen LogP contribution in [0, 0.1) is 11.8 Å². The Bertz CT molecular complexity index is 678. The first-order chi connectivity index (χ1) is 12.4. The number of anilines is 1. The molecule has 5 nitrogen and oxygen atoms in total. The molecule has 2 amide bonds. The highest BCUT2D eigenvalue weighted by molar-refractivity contribution is 9.12. The molecule has 1 aliphatic carbocycles. The third-order valence-corrected chi connectivity index (χ3v) is 7.74. The van der Waals surface area contributed by atoms with Gasteiger partial charge in [-0.25, -0.2) is 4.79 Å². The fourth-order valence-electron chi connectivity index (χ4n) is 3.49. The van der Waals surface area contributed by atoms with Crippen LogP contribution in [0.15, 0.2) is 24.3 Å². The van der Waals surface area contributed by atoms with Crippen LogP contribution in [0.5, 0.6) is 0 Å². The highest BCUT2D eigenvalue weighted by Gasteiger charge is 2.52. The molecular formula is C19H21Br2NO4. The zero-order valence-electron chi connectivity index (χ0n) is 14.5. The van der Waals surface area contributed by atoms with Gasteiger partial charge in [0.15, 0.2) is 0 Å². The van der Waals surface area contributed by atoms with Gasteiger partial charge < -0.3 is 4.74 Å². The van der Waals surface area contributed by atoms with Gasteiger partial charge in [-0.05, 0) is 43.5 Å². The Morgan fingerprint density at radius 1 is 1.08 bits per heavy atom. The summed E-state index contributed by atoms with van der Waals surface area (Å²) in [5.74, 6) is -1.25. The summed E-state index contributed by atoms with van der Waals surface area (Å²) in [7, 11) is 0.